The first kappa shape index (κ1) is 16.9. The van der Waals surface area contributed by atoms with Crippen LogP contribution in [0.4, 0.5) is 4.39 Å². The molecule has 5 nitrogen and oxygen atoms in total. The van der Waals surface area contributed by atoms with E-state index in [9.17, 15) is 9.18 Å². The van der Waals surface area contributed by atoms with Crippen molar-refractivity contribution in [2.24, 2.45) is 0 Å². The first-order chi connectivity index (χ1) is 11.2. The number of nitrogens with zero attached hydrogens (tertiary/aromatic N) is 2. The quantitative estimate of drug-likeness (QED) is 0.873. The first-order valence-corrected chi connectivity index (χ1v) is 8.07. The zero-order valence-corrected chi connectivity index (χ0v) is 14.0. The fourth-order valence-electron chi connectivity index (χ4n) is 3.59. The number of rotatable bonds is 2. The topological polar surface area (TPSA) is 61.0 Å². The fraction of sp³-hybridized carbons (Fsp3) is 0.412. The van der Waals surface area contributed by atoms with Crippen molar-refractivity contribution in [3.05, 3.63) is 52.6 Å². The normalized spacial score (nSPS) is 19.7. The van der Waals surface area contributed by atoms with Crippen LogP contribution in [-0.4, -0.2) is 40.6 Å². The van der Waals surface area contributed by atoms with E-state index in [1.54, 1.807) is 6.07 Å². The van der Waals surface area contributed by atoms with Gasteiger partial charge in [0.15, 0.2) is 5.69 Å². The summed E-state index contributed by atoms with van der Waals surface area (Å²) in [6.07, 6.45) is 2.94. The summed E-state index contributed by atoms with van der Waals surface area (Å²) in [7, 11) is 0. The Balaban J connectivity index is 0.00000169. The zero-order valence-electron chi connectivity index (χ0n) is 13.2. The Morgan fingerprint density at radius 1 is 1.33 bits per heavy atom. The van der Waals surface area contributed by atoms with Crippen LogP contribution in [0, 0.1) is 5.82 Å². The third-order valence-electron chi connectivity index (χ3n) is 4.75. The molecule has 1 aliphatic carbocycles. The van der Waals surface area contributed by atoms with Gasteiger partial charge in [-0.15, -0.1) is 12.4 Å². The number of benzene rings is 1. The number of piperazine rings is 1. The third-order valence-corrected chi connectivity index (χ3v) is 4.75. The predicted octanol–water partition coefficient (Wildman–Crippen LogP) is 2.25. The Bertz CT molecular complexity index is 748. The molecule has 7 heteroatoms. The molecule has 1 saturated heterocycles. The monoisotopic (exact) mass is 350 g/mol. The van der Waals surface area contributed by atoms with Crippen LogP contribution in [0.5, 0.6) is 0 Å². The second-order valence-electron chi connectivity index (χ2n) is 6.16. The summed E-state index contributed by atoms with van der Waals surface area (Å²) in [5.41, 5.74) is 3.51. The molecule has 1 amide bonds. The maximum absolute atomic E-state index is 13.6. The average molecular weight is 351 g/mol. The molecule has 1 atom stereocenters. The van der Waals surface area contributed by atoms with Gasteiger partial charge in [0.25, 0.3) is 5.91 Å². The standard InChI is InChI=1S/C17H19FN4O.ClH/c18-12-4-1-3-11(9-12)15-10-19-7-8-22(15)17(23)16-13-5-2-6-14(13)20-21-16;/h1,3-4,9,15,19H,2,5-8,10H2,(H,20,21);1H. The lowest BCUT2D eigenvalue weighted by molar-refractivity contribution is 0.0626. The Morgan fingerprint density at radius 3 is 3.04 bits per heavy atom. The maximum atomic E-state index is 13.6. The lowest BCUT2D eigenvalue weighted by Gasteiger charge is -2.36. The van der Waals surface area contributed by atoms with Gasteiger partial charge in [-0.05, 0) is 37.0 Å². The molecule has 128 valence electrons. The van der Waals surface area contributed by atoms with E-state index in [1.165, 1.54) is 12.1 Å². The minimum atomic E-state index is -0.277. The van der Waals surface area contributed by atoms with Crippen molar-refractivity contribution in [2.75, 3.05) is 19.6 Å². The number of halogens is 2. The van der Waals surface area contributed by atoms with E-state index in [0.717, 1.165) is 42.6 Å². The highest BCUT2D eigenvalue weighted by Crippen LogP contribution is 2.28. The van der Waals surface area contributed by atoms with Crippen molar-refractivity contribution in [3.63, 3.8) is 0 Å². The van der Waals surface area contributed by atoms with Crippen LogP contribution in [0.15, 0.2) is 24.3 Å². The molecule has 0 spiro atoms. The molecule has 24 heavy (non-hydrogen) atoms. The highest BCUT2D eigenvalue weighted by molar-refractivity contribution is 5.94. The number of nitrogens with one attached hydrogen (secondary N) is 2. The number of H-pyrrole nitrogens is 1. The van der Waals surface area contributed by atoms with E-state index in [-0.39, 0.29) is 30.2 Å². The summed E-state index contributed by atoms with van der Waals surface area (Å²) in [6, 6.07) is 6.32. The number of hydrogen-bond donors (Lipinski definition) is 2. The minimum Gasteiger partial charge on any atom is -0.328 e. The smallest absolute Gasteiger partial charge is 0.275 e. The average Bonchev–Trinajstić information content (AvgIpc) is 3.17. The van der Waals surface area contributed by atoms with Crippen molar-refractivity contribution in [1.82, 2.24) is 20.4 Å². The maximum Gasteiger partial charge on any atom is 0.275 e. The number of aromatic nitrogens is 2. The van der Waals surface area contributed by atoms with Crippen LogP contribution < -0.4 is 5.32 Å². The Hall–Kier alpha value is -1.92. The minimum absolute atomic E-state index is 0. The molecule has 2 heterocycles. The van der Waals surface area contributed by atoms with E-state index in [2.05, 4.69) is 15.5 Å². The fourth-order valence-corrected chi connectivity index (χ4v) is 3.59. The first-order valence-electron chi connectivity index (χ1n) is 8.07. The molecule has 1 aromatic carbocycles. The molecular weight excluding hydrogens is 331 g/mol. The van der Waals surface area contributed by atoms with Crippen LogP contribution in [0.25, 0.3) is 0 Å². The summed E-state index contributed by atoms with van der Waals surface area (Å²) < 4.78 is 13.6. The molecule has 2 aromatic rings. The molecule has 4 rings (SSSR count). The van der Waals surface area contributed by atoms with Gasteiger partial charge in [-0.2, -0.15) is 5.10 Å². The molecule has 2 N–H and O–H groups in total. The number of aromatic amines is 1. The largest absolute Gasteiger partial charge is 0.328 e. The van der Waals surface area contributed by atoms with Crippen LogP contribution >= 0.6 is 12.4 Å². The van der Waals surface area contributed by atoms with E-state index < -0.39 is 0 Å². The molecule has 1 unspecified atom stereocenters. The second-order valence-corrected chi connectivity index (χ2v) is 6.16. The molecule has 0 bridgehead atoms. The van der Waals surface area contributed by atoms with Crippen molar-refractivity contribution in [1.29, 1.82) is 0 Å². The number of fused-ring (bicyclic) bond motifs is 1. The van der Waals surface area contributed by atoms with Crippen molar-refractivity contribution >= 4 is 18.3 Å². The van der Waals surface area contributed by atoms with Gasteiger partial charge in [0, 0.05) is 30.9 Å². The summed E-state index contributed by atoms with van der Waals surface area (Å²) in [4.78, 5) is 14.8. The molecule has 1 aromatic heterocycles. The number of carbonyl (C=O) groups excluding carboxylic acids is 1. The molecule has 2 aliphatic rings. The Labute approximate surface area is 146 Å². The van der Waals surface area contributed by atoms with E-state index in [4.69, 9.17) is 0 Å². The van der Waals surface area contributed by atoms with Crippen LogP contribution in [0.2, 0.25) is 0 Å². The highest BCUT2D eigenvalue weighted by Gasteiger charge is 2.32. The van der Waals surface area contributed by atoms with E-state index >= 15 is 0 Å². The summed E-state index contributed by atoms with van der Waals surface area (Å²) in [6.45, 7) is 1.97. The number of hydrogen-bond acceptors (Lipinski definition) is 3. The number of carbonyl (C=O) groups is 1. The third kappa shape index (κ3) is 2.91. The van der Waals surface area contributed by atoms with Crippen molar-refractivity contribution in [2.45, 2.75) is 25.3 Å². The summed E-state index contributed by atoms with van der Waals surface area (Å²) in [5.74, 6) is -0.332. The van der Waals surface area contributed by atoms with Gasteiger partial charge in [0.1, 0.15) is 5.82 Å². The van der Waals surface area contributed by atoms with E-state index in [1.807, 2.05) is 11.0 Å². The van der Waals surface area contributed by atoms with Crippen LogP contribution in [0.1, 0.15) is 39.8 Å². The lowest BCUT2D eigenvalue weighted by Crippen LogP contribution is -2.49. The Kier molecular flexibility index (Phi) is 4.87. The van der Waals surface area contributed by atoms with Gasteiger partial charge < -0.3 is 10.2 Å². The molecule has 1 aliphatic heterocycles. The van der Waals surface area contributed by atoms with Gasteiger partial charge in [-0.1, -0.05) is 12.1 Å². The van der Waals surface area contributed by atoms with Crippen LogP contribution in [-0.2, 0) is 12.8 Å². The summed E-state index contributed by atoms with van der Waals surface area (Å²) in [5, 5.41) is 10.5. The SMILES string of the molecule is Cl.O=C(c1n[nH]c2c1CCC2)N1CCNCC1c1cccc(F)c1. The lowest BCUT2D eigenvalue weighted by atomic mass is 10.0. The highest BCUT2D eigenvalue weighted by atomic mass is 35.5. The predicted molar refractivity (Wildman–Crippen MR) is 90.9 cm³/mol. The molecule has 0 radical (unpaired) electrons. The van der Waals surface area contributed by atoms with Gasteiger partial charge in [0.05, 0.1) is 6.04 Å². The van der Waals surface area contributed by atoms with Gasteiger partial charge in [0.2, 0.25) is 0 Å². The van der Waals surface area contributed by atoms with Gasteiger partial charge in [-0.3, -0.25) is 9.89 Å². The summed E-state index contributed by atoms with van der Waals surface area (Å²) >= 11 is 0. The Morgan fingerprint density at radius 2 is 2.21 bits per heavy atom. The molecule has 0 saturated carbocycles. The van der Waals surface area contributed by atoms with Gasteiger partial charge >= 0.3 is 0 Å². The number of amides is 1. The van der Waals surface area contributed by atoms with Crippen LogP contribution in [0.3, 0.4) is 0 Å². The van der Waals surface area contributed by atoms with Crippen molar-refractivity contribution in [3.8, 4) is 0 Å². The van der Waals surface area contributed by atoms with Crippen molar-refractivity contribution < 1.29 is 9.18 Å². The van der Waals surface area contributed by atoms with E-state index in [0.29, 0.717) is 18.8 Å². The molecular formula is C17H20ClFN4O. The molecule has 1 fully saturated rings. The van der Waals surface area contributed by atoms with Gasteiger partial charge in [-0.25, -0.2) is 4.39 Å². The number of aryl methyl sites for hydroxylation is 1. The zero-order chi connectivity index (χ0) is 15.8. The second kappa shape index (κ2) is 6.91.